The molecule has 0 heterocycles. The molecule has 3 aliphatic carbocycles. The standard InChI is InChI=1S/C16H24O2/c1-11(2)8-15(17)18-10-16-7-6-12(9-16)13-4-3-5-14(13)16/h8,12-14H,3-7,9-10H2,1-2H3. The average Bonchev–Trinajstić information content (AvgIpc) is 2.98. The van der Waals surface area contributed by atoms with Crippen molar-refractivity contribution in [2.45, 2.75) is 52.4 Å². The van der Waals surface area contributed by atoms with Gasteiger partial charge in [0.15, 0.2) is 0 Å². The van der Waals surface area contributed by atoms with E-state index >= 15 is 0 Å². The number of allylic oxidation sites excluding steroid dienone is 1. The summed E-state index contributed by atoms with van der Waals surface area (Å²) in [5, 5.41) is 0. The molecule has 3 fully saturated rings. The van der Waals surface area contributed by atoms with Gasteiger partial charge in [0.1, 0.15) is 0 Å². The van der Waals surface area contributed by atoms with Crippen LogP contribution < -0.4 is 0 Å². The van der Waals surface area contributed by atoms with Crippen LogP contribution in [0.25, 0.3) is 0 Å². The second-order valence-electron chi connectivity index (χ2n) is 6.90. The van der Waals surface area contributed by atoms with E-state index in [9.17, 15) is 4.79 Å². The summed E-state index contributed by atoms with van der Waals surface area (Å²) in [7, 11) is 0. The molecule has 3 aliphatic rings. The van der Waals surface area contributed by atoms with Crippen molar-refractivity contribution in [2.75, 3.05) is 6.61 Å². The number of carbonyl (C=O) groups is 1. The first-order valence-corrected chi connectivity index (χ1v) is 7.42. The summed E-state index contributed by atoms with van der Waals surface area (Å²) in [6, 6.07) is 0. The number of esters is 1. The minimum absolute atomic E-state index is 0.144. The van der Waals surface area contributed by atoms with Crippen molar-refractivity contribution in [3.63, 3.8) is 0 Å². The van der Waals surface area contributed by atoms with Crippen LogP contribution in [0.3, 0.4) is 0 Å². The van der Waals surface area contributed by atoms with Crippen LogP contribution in [-0.2, 0) is 9.53 Å². The maximum Gasteiger partial charge on any atom is 0.330 e. The lowest BCUT2D eigenvalue weighted by Crippen LogP contribution is -2.33. The first-order valence-electron chi connectivity index (χ1n) is 7.42. The molecule has 2 bridgehead atoms. The summed E-state index contributed by atoms with van der Waals surface area (Å²) in [6.45, 7) is 4.55. The van der Waals surface area contributed by atoms with Crippen molar-refractivity contribution >= 4 is 5.97 Å². The van der Waals surface area contributed by atoms with E-state index in [4.69, 9.17) is 4.74 Å². The molecular weight excluding hydrogens is 224 g/mol. The molecule has 0 aromatic rings. The SMILES string of the molecule is CC(C)=CC(=O)OCC12CCC(C1)C1CCCC12. The molecule has 0 amide bonds. The van der Waals surface area contributed by atoms with Gasteiger partial charge in [-0.05, 0) is 63.7 Å². The number of hydrogen-bond acceptors (Lipinski definition) is 2. The fourth-order valence-corrected chi connectivity index (χ4v) is 4.94. The third-order valence-corrected chi connectivity index (χ3v) is 5.55. The second kappa shape index (κ2) is 4.40. The lowest BCUT2D eigenvalue weighted by molar-refractivity contribution is -0.142. The number of ether oxygens (including phenoxy) is 1. The summed E-state index contributed by atoms with van der Waals surface area (Å²) in [5.41, 5.74) is 1.38. The van der Waals surface area contributed by atoms with Gasteiger partial charge in [-0.2, -0.15) is 0 Å². The lowest BCUT2D eigenvalue weighted by atomic mass is 9.72. The molecule has 18 heavy (non-hydrogen) atoms. The van der Waals surface area contributed by atoms with Crippen molar-refractivity contribution < 1.29 is 9.53 Å². The third-order valence-electron chi connectivity index (χ3n) is 5.55. The molecule has 2 nitrogen and oxygen atoms in total. The minimum atomic E-state index is -0.144. The van der Waals surface area contributed by atoms with Crippen molar-refractivity contribution in [1.82, 2.24) is 0 Å². The van der Waals surface area contributed by atoms with Gasteiger partial charge in [-0.15, -0.1) is 0 Å². The predicted octanol–water partition coefficient (Wildman–Crippen LogP) is 3.71. The zero-order chi connectivity index (χ0) is 12.8. The highest BCUT2D eigenvalue weighted by Gasteiger charge is 2.59. The molecule has 100 valence electrons. The van der Waals surface area contributed by atoms with Crippen LogP contribution in [0.5, 0.6) is 0 Å². The Bertz CT molecular complexity index is 381. The highest BCUT2D eigenvalue weighted by Crippen LogP contribution is 2.65. The zero-order valence-corrected chi connectivity index (χ0v) is 11.6. The summed E-state index contributed by atoms with van der Waals surface area (Å²) in [5.74, 6) is 2.62. The highest BCUT2D eigenvalue weighted by atomic mass is 16.5. The summed E-state index contributed by atoms with van der Waals surface area (Å²) < 4.78 is 5.55. The number of hydrogen-bond donors (Lipinski definition) is 0. The van der Waals surface area contributed by atoms with E-state index in [1.807, 2.05) is 13.8 Å². The summed E-state index contributed by atoms with van der Waals surface area (Å²) in [6.07, 6.45) is 9.81. The largest absolute Gasteiger partial charge is 0.462 e. The molecule has 0 saturated heterocycles. The van der Waals surface area contributed by atoms with E-state index in [0.29, 0.717) is 12.0 Å². The Balaban J connectivity index is 1.65. The first kappa shape index (κ1) is 12.3. The van der Waals surface area contributed by atoms with Gasteiger partial charge < -0.3 is 4.74 Å². The van der Waals surface area contributed by atoms with E-state index < -0.39 is 0 Å². The van der Waals surface area contributed by atoms with E-state index in [0.717, 1.165) is 23.3 Å². The Hall–Kier alpha value is -0.790. The number of carbonyl (C=O) groups excluding carboxylic acids is 1. The van der Waals surface area contributed by atoms with Gasteiger partial charge in [-0.1, -0.05) is 12.0 Å². The molecule has 0 aromatic carbocycles. The lowest BCUT2D eigenvalue weighted by Gasteiger charge is -2.35. The number of fused-ring (bicyclic) bond motifs is 5. The maximum atomic E-state index is 11.7. The first-order chi connectivity index (χ1) is 8.61. The Morgan fingerprint density at radius 2 is 2.17 bits per heavy atom. The van der Waals surface area contributed by atoms with E-state index in [1.165, 1.54) is 38.5 Å². The van der Waals surface area contributed by atoms with Crippen molar-refractivity contribution in [1.29, 1.82) is 0 Å². The normalized spacial score (nSPS) is 40.7. The quantitative estimate of drug-likeness (QED) is 0.562. The van der Waals surface area contributed by atoms with Crippen LogP contribution in [0.1, 0.15) is 52.4 Å². The van der Waals surface area contributed by atoms with E-state index in [2.05, 4.69) is 0 Å². The van der Waals surface area contributed by atoms with Crippen LogP contribution in [0.2, 0.25) is 0 Å². The Labute approximate surface area is 110 Å². The third kappa shape index (κ3) is 1.90. The topological polar surface area (TPSA) is 26.3 Å². The summed E-state index contributed by atoms with van der Waals surface area (Å²) >= 11 is 0. The average molecular weight is 248 g/mol. The van der Waals surface area contributed by atoms with Crippen LogP contribution in [0.15, 0.2) is 11.6 Å². The Kier molecular flexibility index (Phi) is 2.99. The molecule has 0 N–H and O–H groups in total. The molecule has 0 aromatic heterocycles. The Morgan fingerprint density at radius 1 is 1.33 bits per heavy atom. The second-order valence-corrected chi connectivity index (χ2v) is 6.90. The molecular formula is C16H24O2. The van der Waals surface area contributed by atoms with E-state index in [1.54, 1.807) is 6.08 Å². The van der Waals surface area contributed by atoms with Crippen LogP contribution in [0.4, 0.5) is 0 Å². The molecule has 4 atom stereocenters. The van der Waals surface area contributed by atoms with Gasteiger partial charge in [0, 0.05) is 11.5 Å². The van der Waals surface area contributed by atoms with Crippen molar-refractivity contribution in [2.24, 2.45) is 23.2 Å². The molecule has 3 saturated carbocycles. The molecule has 0 spiro atoms. The highest BCUT2D eigenvalue weighted by molar-refractivity contribution is 5.82. The predicted molar refractivity (Wildman–Crippen MR) is 71.0 cm³/mol. The summed E-state index contributed by atoms with van der Waals surface area (Å²) in [4.78, 5) is 11.7. The van der Waals surface area contributed by atoms with Crippen LogP contribution >= 0.6 is 0 Å². The Morgan fingerprint density at radius 3 is 2.94 bits per heavy atom. The van der Waals surface area contributed by atoms with Gasteiger partial charge >= 0.3 is 5.97 Å². The molecule has 2 heteroatoms. The monoisotopic (exact) mass is 248 g/mol. The molecule has 0 radical (unpaired) electrons. The van der Waals surface area contributed by atoms with Crippen LogP contribution in [0, 0.1) is 23.2 Å². The van der Waals surface area contributed by atoms with Crippen LogP contribution in [-0.4, -0.2) is 12.6 Å². The van der Waals surface area contributed by atoms with E-state index in [-0.39, 0.29) is 5.97 Å². The fourth-order valence-electron chi connectivity index (χ4n) is 4.94. The zero-order valence-electron chi connectivity index (χ0n) is 11.6. The van der Waals surface area contributed by atoms with Gasteiger partial charge in [-0.25, -0.2) is 4.79 Å². The minimum Gasteiger partial charge on any atom is -0.462 e. The van der Waals surface area contributed by atoms with Gasteiger partial charge in [0.2, 0.25) is 0 Å². The fraction of sp³-hybridized carbons (Fsp3) is 0.812. The van der Waals surface area contributed by atoms with Crippen molar-refractivity contribution in [3.05, 3.63) is 11.6 Å². The van der Waals surface area contributed by atoms with Gasteiger partial charge in [0.25, 0.3) is 0 Å². The molecule has 4 unspecified atom stereocenters. The molecule has 3 rings (SSSR count). The van der Waals surface area contributed by atoms with Crippen molar-refractivity contribution in [3.8, 4) is 0 Å². The maximum absolute atomic E-state index is 11.7. The smallest absolute Gasteiger partial charge is 0.330 e. The van der Waals surface area contributed by atoms with Gasteiger partial charge in [-0.3, -0.25) is 0 Å². The van der Waals surface area contributed by atoms with Gasteiger partial charge in [0.05, 0.1) is 6.61 Å². The number of rotatable bonds is 3. The molecule has 0 aliphatic heterocycles.